The van der Waals surface area contributed by atoms with Gasteiger partial charge in [0.1, 0.15) is 6.33 Å². The number of amides is 4. The average molecular weight is 817 g/mol. The van der Waals surface area contributed by atoms with Crippen LogP contribution in [-0.2, 0) is 36.9 Å². The average Bonchev–Trinajstić information content (AvgIpc) is 3.69. The predicted molar refractivity (Wildman–Crippen MR) is 221 cm³/mol. The summed E-state index contributed by atoms with van der Waals surface area (Å²) in [5.74, 6) is 1.10. The molecule has 2 aromatic rings. The topological polar surface area (TPSA) is 147 Å². The van der Waals surface area contributed by atoms with Gasteiger partial charge in [-0.05, 0) is 62.4 Å². The first-order chi connectivity index (χ1) is 28.9. The fraction of sp³-hybridized carbons (Fsp3) is 0.674. The first-order valence-electron chi connectivity index (χ1n) is 21.9. The van der Waals surface area contributed by atoms with Gasteiger partial charge in [0.25, 0.3) is 5.91 Å². The molecular formula is C43H64N10O6. The SMILES string of the molecule is O=CN1CCN(C(=O)CN2CCC(CN3CCN(CCOCCOCCNC(=O)c4cccc(C5CCCN(C(=O)CN6Cc7cncnc7C6)C5)c4)CC3)CC2)CC1. The Balaban J connectivity index is 0.688. The van der Waals surface area contributed by atoms with Gasteiger partial charge in [-0.2, -0.15) is 0 Å². The number of hydrogen-bond donors (Lipinski definition) is 1. The van der Waals surface area contributed by atoms with Gasteiger partial charge < -0.3 is 34.4 Å². The first-order valence-corrected chi connectivity index (χ1v) is 21.9. The lowest BCUT2D eigenvalue weighted by Gasteiger charge is -2.39. The Morgan fingerprint density at radius 2 is 1.51 bits per heavy atom. The molecular weight excluding hydrogens is 753 g/mol. The zero-order chi connectivity index (χ0) is 40.8. The molecule has 1 unspecified atom stereocenters. The number of nitrogens with one attached hydrogen (secondary N) is 1. The van der Waals surface area contributed by atoms with Crippen molar-refractivity contribution in [3.8, 4) is 0 Å². The van der Waals surface area contributed by atoms with Gasteiger partial charge in [0, 0.05) is 121 Å². The molecule has 5 aliphatic heterocycles. The number of nitrogens with zero attached hydrogens (tertiary/aromatic N) is 9. The van der Waals surface area contributed by atoms with Crippen molar-refractivity contribution in [2.45, 2.75) is 44.7 Å². The molecule has 1 atom stereocenters. The van der Waals surface area contributed by atoms with Gasteiger partial charge >= 0.3 is 0 Å². The predicted octanol–water partition coefficient (Wildman–Crippen LogP) is 0.592. The second kappa shape index (κ2) is 22.0. The zero-order valence-corrected chi connectivity index (χ0v) is 34.8. The molecule has 59 heavy (non-hydrogen) atoms. The Hall–Kier alpha value is -4.06. The van der Waals surface area contributed by atoms with E-state index in [4.69, 9.17) is 9.47 Å². The van der Waals surface area contributed by atoms with Crippen molar-refractivity contribution in [3.63, 3.8) is 0 Å². The number of piperazine rings is 2. The summed E-state index contributed by atoms with van der Waals surface area (Å²) in [6.07, 6.45) is 8.49. The standard InChI is InChI=1S/C43H64N10O6/c54-34-50-16-18-52(19-17-50)41(55)31-48-10-6-35(7-11-48)27-49-14-12-47(13-15-49)20-22-59-24-23-58-21-8-45-43(57)37-4-1-3-36(25-37)38-5-2-9-53(29-38)42(56)32-51-28-39-26-44-33-46-40(39)30-51/h1,3-4,25-26,33-35,38H,2,5-24,27-32H2,(H,45,57). The molecule has 5 aliphatic rings. The van der Waals surface area contributed by atoms with Crippen molar-refractivity contribution in [1.29, 1.82) is 0 Å². The molecule has 16 heteroatoms. The number of fused-ring (bicyclic) bond motifs is 1. The van der Waals surface area contributed by atoms with E-state index < -0.39 is 0 Å². The Bertz CT molecular complexity index is 1650. The highest BCUT2D eigenvalue weighted by molar-refractivity contribution is 5.94. The summed E-state index contributed by atoms with van der Waals surface area (Å²) in [6.45, 7) is 17.0. The molecule has 0 spiro atoms. The number of hydrogen-bond acceptors (Lipinski definition) is 12. The van der Waals surface area contributed by atoms with E-state index in [1.165, 1.54) is 0 Å². The van der Waals surface area contributed by atoms with Crippen molar-refractivity contribution < 1.29 is 28.7 Å². The normalized spacial score (nSPS) is 21.4. The fourth-order valence-corrected chi connectivity index (χ4v) is 9.09. The molecule has 322 valence electrons. The monoisotopic (exact) mass is 817 g/mol. The highest BCUT2D eigenvalue weighted by atomic mass is 16.5. The van der Waals surface area contributed by atoms with Crippen molar-refractivity contribution in [2.24, 2.45) is 5.92 Å². The summed E-state index contributed by atoms with van der Waals surface area (Å²) in [7, 11) is 0. The Morgan fingerprint density at radius 3 is 2.29 bits per heavy atom. The number of rotatable bonds is 18. The zero-order valence-electron chi connectivity index (χ0n) is 34.8. The fourth-order valence-electron chi connectivity index (χ4n) is 9.09. The van der Waals surface area contributed by atoms with Crippen molar-refractivity contribution in [3.05, 3.63) is 59.2 Å². The van der Waals surface area contributed by atoms with E-state index in [9.17, 15) is 19.2 Å². The van der Waals surface area contributed by atoms with Gasteiger partial charge in [0.05, 0.1) is 45.2 Å². The molecule has 4 saturated heterocycles. The lowest BCUT2D eigenvalue weighted by Crippen LogP contribution is -2.52. The third-order valence-corrected chi connectivity index (χ3v) is 12.7. The Kier molecular flexibility index (Phi) is 16.0. The summed E-state index contributed by atoms with van der Waals surface area (Å²) in [6, 6.07) is 7.81. The third kappa shape index (κ3) is 12.7. The van der Waals surface area contributed by atoms with Crippen LogP contribution in [0.2, 0.25) is 0 Å². The smallest absolute Gasteiger partial charge is 0.251 e. The van der Waals surface area contributed by atoms with Crippen LogP contribution in [0.15, 0.2) is 36.8 Å². The van der Waals surface area contributed by atoms with E-state index in [1.54, 1.807) is 11.2 Å². The molecule has 16 nitrogen and oxygen atoms in total. The second-order valence-electron chi connectivity index (χ2n) is 16.8. The maximum atomic E-state index is 13.2. The highest BCUT2D eigenvalue weighted by Gasteiger charge is 2.30. The Labute approximate surface area is 349 Å². The van der Waals surface area contributed by atoms with Gasteiger partial charge in [-0.3, -0.25) is 33.9 Å². The molecule has 6 heterocycles. The van der Waals surface area contributed by atoms with Crippen LogP contribution in [0.4, 0.5) is 0 Å². The maximum Gasteiger partial charge on any atom is 0.251 e. The molecule has 1 N–H and O–H groups in total. The number of piperidine rings is 2. The third-order valence-electron chi connectivity index (χ3n) is 12.7. The molecule has 7 rings (SSSR count). The van der Waals surface area contributed by atoms with Crippen LogP contribution in [0.1, 0.15) is 58.8 Å². The van der Waals surface area contributed by atoms with E-state index in [1.807, 2.05) is 34.2 Å². The number of aromatic nitrogens is 2. The van der Waals surface area contributed by atoms with E-state index in [-0.39, 0.29) is 23.6 Å². The molecule has 0 bridgehead atoms. The number of benzene rings is 1. The van der Waals surface area contributed by atoms with Crippen LogP contribution in [-0.4, -0.2) is 206 Å². The van der Waals surface area contributed by atoms with Gasteiger partial charge in [0.15, 0.2) is 0 Å². The highest BCUT2D eigenvalue weighted by Crippen LogP contribution is 2.28. The minimum atomic E-state index is -0.121. The summed E-state index contributed by atoms with van der Waals surface area (Å²) >= 11 is 0. The lowest BCUT2D eigenvalue weighted by molar-refractivity contribution is -0.136. The maximum absolute atomic E-state index is 13.2. The van der Waals surface area contributed by atoms with Crippen LogP contribution in [0.25, 0.3) is 0 Å². The van der Waals surface area contributed by atoms with E-state index in [0.29, 0.717) is 103 Å². The minimum absolute atomic E-state index is 0.121. The van der Waals surface area contributed by atoms with Gasteiger partial charge in [-0.1, -0.05) is 12.1 Å². The van der Waals surface area contributed by atoms with E-state index in [0.717, 1.165) is 108 Å². The summed E-state index contributed by atoms with van der Waals surface area (Å²) in [5, 5.41) is 2.98. The minimum Gasteiger partial charge on any atom is -0.378 e. The summed E-state index contributed by atoms with van der Waals surface area (Å²) in [5.41, 5.74) is 3.82. The van der Waals surface area contributed by atoms with E-state index in [2.05, 4.69) is 41.0 Å². The molecule has 1 aromatic carbocycles. The van der Waals surface area contributed by atoms with Gasteiger partial charge in [-0.25, -0.2) is 9.97 Å². The first kappa shape index (κ1) is 43.0. The van der Waals surface area contributed by atoms with Gasteiger partial charge in [0.2, 0.25) is 18.2 Å². The molecule has 4 amide bonds. The Morgan fingerprint density at radius 1 is 0.763 bits per heavy atom. The van der Waals surface area contributed by atoms with Crippen LogP contribution >= 0.6 is 0 Å². The molecule has 0 saturated carbocycles. The number of ether oxygens (including phenoxy) is 2. The lowest BCUT2D eigenvalue weighted by atomic mass is 9.89. The molecule has 0 radical (unpaired) electrons. The number of likely N-dealkylation sites (tertiary alicyclic amines) is 2. The van der Waals surface area contributed by atoms with Crippen LogP contribution in [0, 0.1) is 5.92 Å². The molecule has 0 aliphatic carbocycles. The van der Waals surface area contributed by atoms with Crippen molar-refractivity contribution in [1.82, 2.24) is 49.6 Å². The van der Waals surface area contributed by atoms with Crippen molar-refractivity contribution >= 4 is 24.1 Å². The van der Waals surface area contributed by atoms with Crippen LogP contribution in [0.5, 0.6) is 0 Å². The van der Waals surface area contributed by atoms with Crippen molar-refractivity contribution in [2.75, 3.05) is 138 Å². The summed E-state index contributed by atoms with van der Waals surface area (Å²) in [4.78, 5) is 73.5. The van der Waals surface area contributed by atoms with Gasteiger partial charge in [-0.15, -0.1) is 0 Å². The van der Waals surface area contributed by atoms with Crippen LogP contribution < -0.4 is 5.32 Å². The van der Waals surface area contributed by atoms with E-state index >= 15 is 0 Å². The van der Waals surface area contributed by atoms with Crippen LogP contribution in [0.3, 0.4) is 0 Å². The molecule has 4 fully saturated rings. The number of carbonyl (C=O) groups is 4. The second-order valence-corrected chi connectivity index (χ2v) is 16.8. The summed E-state index contributed by atoms with van der Waals surface area (Å²) < 4.78 is 11.6. The molecule has 1 aromatic heterocycles. The largest absolute Gasteiger partial charge is 0.378 e. The number of carbonyl (C=O) groups excluding carboxylic acids is 4. The quantitative estimate of drug-likeness (QED) is 0.166.